The predicted octanol–water partition coefficient (Wildman–Crippen LogP) is 2.48. The van der Waals surface area contributed by atoms with Gasteiger partial charge in [0.25, 0.3) is 0 Å². The van der Waals surface area contributed by atoms with E-state index in [2.05, 4.69) is 4.98 Å². The monoisotopic (exact) mass is 219 g/mol. The molecule has 2 rings (SSSR count). The SMILES string of the molecule is CC(CC(=O)O)Cc1nc2ccccc2o1. The third kappa shape index (κ3) is 2.39. The number of nitrogens with zero attached hydrogens (tertiary/aromatic N) is 1. The van der Waals surface area contributed by atoms with E-state index in [-0.39, 0.29) is 12.3 Å². The van der Waals surface area contributed by atoms with E-state index in [0.717, 1.165) is 11.1 Å². The molecule has 1 atom stereocenters. The van der Waals surface area contributed by atoms with Crippen LogP contribution in [0.4, 0.5) is 0 Å². The van der Waals surface area contributed by atoms with Gasteiger partial charge in [0, 0.05) is 12.8 Å². The van der Waals surface area contributed by atoms with Gasteiger partial charge in [0.15, 0.2) is 11.5 Å². The molecule has 0 radical (unpaired) electrons. The van der Waals surface area contributed by atoms with Crippen LogP contribution in [-0.2, 0) is 11.2 Å². The van der Waals surface area contributed by atoms with Crippen molar-refractivity contribution in [3.05, 3.63) is 30.2 Å². The number of rotatable bonds is 4. The first-order valence-electron chi connectivity index (χ1n) is 5.21. The highest BCUT2D eigenvalue weighted by atomic mass is 16.4. The van der Waals surface area contributed by atoms with Crippen LogP contribution in [0.5, 0.6) is 0 Å². The Morgan fingerprint density at radius 3 is 2.94 bits per heavy atom. The number of hydrogen-bond acceptors (Lipinski definition) is 3. The van der Waals surface area contributed by atoms with Gasteiger partial charge in [0.1, 0.15) is 5.52 Å². The van der Waals surface area contributed by atoms with E-state index in [4.69, 9.17) is 9.52 Å². The normalized spacial score (nSPS) is 12.8. The van der Waals surface area contributed by atoms with Crippen LogP contribution in [0.3, 0.4) is 0 Å². The van der Waals surface area contributed by atoms with Gasteiger partial charge in [-0.1, -0.05) is 19.1 Å². The Bertz CT molecular complexity index is 471. The van der Waals surface area contributed by atoms with Crippen LogP contribution in [0.15, 0.2) is 28.7 Å². The molecule has 16 heavy (non-hydrogen) atoms. The maximum atomic E-state index is 10.5. The quantitative estimate of drug-likeness (QED) is 0.858. The molecule has 1 N–H and O–H groups in total. The van der Waals surface area contributed by atoms with Crippen LogP contribution in [-0.4, -0.2) is 16.1 Å². The summed E-state index contributed by atoms with van der Waals surface area (Å²) < 4.78 is 5.52. The Morgan fingerprint density at radius 2 is 2.25 bits per heavy atom. The Kier molecular flexibility index (Phi) is 2.90. The molecule has 1 unspecified atom stereocenters. The maximum absolute atomic E-state index is 10.5. The van der Waals surface area contributed by atoms with E-state index < -0.39 is 5.97 Å². The van der Waals surface area contributed by atoms with Crippen molar-refractivity contribution < 1.29 is 14.3 Å². The fourth-order valence-electron chi connectivity index (χ4n) is 1.68. The van der Waals surface area contributed by atoms with Gasteiger partial charge in [-0.2, -0.15) is 0 Å². The molecule has 0 fully saturated rings. The molecule has 0 aliphatic heterocycles. The summed E-state index contributed by atoms with van der Waals surface area (Å²) in [5.74, 6) is -0.149. The molecule has 0 spiro atoms. The fourth-order valence-corrected chi connectivity index (χ4v) is 1.68. The summed E-state index contributed by atoms with van der Waals surface area (Å²) in [6.45, 7) is 1.88. The molecule has 0 amide bonds. The summed E-state index contributed by atoms with van der Waals surface area (Å²) in [6, 6.07) is 7.52. The van der Waals surface area contributed by atoms with Crippen LogP contribution in [0, 0.1) is 5.92 Å². The van der Waals surface area contributed by atoms with Crippen molar-refractivity contribution >= 4 is 17.1 Å². The number of fused-ring (bicyclic) bond motifs is 1. The molecule has 1 heterocycles. The van der Waals surface area contributed by atoms with E-state index in [9.17, 15) is 4.79 Å². The topological polar surface area (TPSA) is 63.3 Å². The number of oxazole rings is 1. The fraction of sp³-hybridized carbons (Fsp3) is 0.333. The smallest absolute Gasteiger partial charge is 0.303 e. The minimum Gasteiger partial charge on any atom is -0.481 e. The summed E-state index contributed by atoms with van der Waals surface area (Å²) in [4.78, 5) is 14.8. The molecule has 2 aromatic rings. The third-order valence-electron chi connectivity index (χ3n) is 2.38. The van der Waals surface area contributed by atoms with E-state index in [0.29, 0.717) is 12.3 Å². The van der Waals surface area contributed by atoms with Crippen molar-refractivity contribution in [2.75, 3.05) is 0 Å². The third-order valence-corrected chi connectivity index (χ3v) is 2.38. The van der Waals surface area contributed by atoms with E-state index in [1.165, 1.54) is 0 Å². The number of para-hydroxylation sites is 2. The Balaban J connectivity index is 2.12. The van der Waals surface area contributed by atoms with Crippen molar-refractivity contribution in [3.63, 3.8) is 0 Å². The zero-order valence-electron chi connectivity index (χ0n) is 9.01. The second kappa shape index (κ2) is 4.35. The van der Waals surface area contributed by atoms with Gasteiger partial charge < -0.3 is 9.52 Å². The lowest BCUT2D eigenvalue weighted by molar-refractivity contribution is -0.137. The van der Waals surface area contributed by atoms with E-state index in [1.54, 1.807) is 0 Å². The van der Waals surface area contributed by atoms with Crippen LogP contribution in [0.1, 0.15) is 19.2 Å². The number of aromatic nitrogens is 1. The zero-order valence-corrected chi connectivity index (χ0v) is 9.01. The van der Waals surface area contributed by atoms with Crippen molar-refractivity contribution in [1.29, 1.82) is 0 Å². The van der Waals surface area contributed by atoms with Crippen molar-refractivity contribution in [2.45, 2.75) is 19.8 Å². The van der Waals surface area contributed by atoms with Gasteiger partial charge >= 0.3 is 5.97 Å². The summed E-state index contributed by atoms with van der Waals surface area (Å²) in [5.41, 5.74) is 1.57. The highest BCUT2D eigenvalue weighted by Gasteiger charge is 2.12. The number of benzene rings is 1. The lowest BCUT2D eigenvalue weighted by Gasteiger charge is -2.03. The minimum atomic E-state index is -0.788. The lowest BCUT2D eigenvalue weighted by atomic mass is 10.0. The van der Waals surface area contributed by atoms with E-state index >= 15 is 0 Å². The zero-order chi connectivity index (χ0) is 11.5. The van der Waals surface area contributed by atoms with Gasteiger partial charge in [-0.15, -0.1) is 0 Å². The van der Waals surface area contributed by atoms with Crippen molar-refractivity contribution in [1.82, 2.24) is 4.98 Å². The molecule has 4 heteroatoms. The average molecular weight is 219 g/mol. The van der Waals surface area contributed by atoms with Crippen LogP contribution >= 0.6 is 0 Å². The van der Waals surface area contributed by atoms with Crippen LogP contribution in [0.2, 0.25) is 0 Å². The molecule has 1 aromatic heterocycles. The molecule has 0 aliphatic carbocycles. The Hall–Kier alpha value is -1.84. The van der Waals surface area contributed by atoms with Gasteiger partial charge in [0.2, 0.25) is 0 Å². The Morgan fingerprint density at radius 1 is 1.50 bits per heavy atom. The minimum absolute atomic E-state index is 0.0329. The molecule has 0 bridgehead atoms. The summed E-state index contributed by atoms with van der Waals surface area (Å²) in [7, 11) is 0. The molecular weight excluding hydrogens is 206 g/mol. The molecule has 0 saturated heterocycles. The molecule has 4 nitrogen and oxygen atoms in total. The van der Waals surface area contributed by atoms with Gasteiger partial charge in [-0.3, -0.25) is 4.79 Å². The van der Waals surface area contributed by atoms with Gasteiger partial charge in [-0.25, -0.2) is 4.98 Å². The molecule has 0 saturated carbocycles. The number of carboxylic acid groups (broad SMARTS) is 1. The van der Waals surface area contributed by atoms with Crippen molar-refractivity contribution in [3.8, 4) is 0 Å². The molecular formula is C12H13NO3. The maximum Gasteiger partial charge on any atom is 0.303 e. The number of hydrogen-bond donors (Lipinski definition) is 1. The van der Waals surface area contributed by atoms with Gasteiger partial charge in [-0.05, 0) is 18.1 Å². The molecule has 1 aromatic carbocycles. The second-order valence-electron chi connectivity index (χ2n) is 3.98. The molecule has 84 valence electrons. The van der Waals surface area contributed by atoms with Crippen LogP contribution in [0.25, 0.3) is 11.1 Å². The highest BCUT2D eigenvalue weighted by Crippen LogP contribution is 2.18. The highest BCUT2D eigenvalue weighted by molar-refractivity contribution is 5.72. The first-order chi connectivity index (χ1) is 7.65. The predicted molar refractivity (Wildman–Crippen MR) is 59.1 cm³/mol. The number of carbonyl (C=O) groups is 1. The number of aliphatic carboxylic acids is 1. The second-order valence-corrected chi connectivity index (χ2v) is 3.98. The summed E-state index contributed by atoms with van der Waals surface area (Å²) >= 11 is 0. The first kappa shape index (κ1) is 10.7. The lowest BCUT2D eigenvalue weighted by Crippen LogP contribution is -2.07. The summed E-state index contributed by atoms with van der Waals surface area (Å²) in [5, 5.41) is 8.65. The Labute approximate surface area is 92.9 Å². The van der Waals surface area contributed by atoms with E-state index in [1.807, 2.05) is 31.2 Å². The molecule has 0 aliphatic rings. The van der Waals surface area contributed by atoms with Gasteiger partial charge in [0.05, 0.1) is 0 Å². The first-order valence-corrected chi connectivity index (χ1v) is 5.21. The van der Waals surface area contributed by atoms with Crippen LogP contribution < -0.4 is 0 Å². The standard InChI is InChI=1S/C12H13NO3/c1-8(7-12(14)15)6-11-13-9-4-2-3-5-10(9)16-11/h2-5,8H,6-7H2,1H3,(H,14,15). The summed E-state index contributed by atoms with van der Waals surface area (Å²) in [6.07, 6.45) is 0.694. The number of carboxylic acids is 1. The van der Waals surface area contributed by atoms with Crippen molar-refractivity contribution in [2.24, 2.45) is 5.92 Å². The largest absolute Gasteiger partial charge is 0.481 e. The average Bonchev–Trinajstić information content (AvgIpc) is 2.57.